The topological polar surface area (TPSA) is 89.2 Å². The number of guanidine groups is 1. The number of aromatic nitrogens is 4. The summed E-state index contributed by atoms with van der Waals surface area (Å²) in [5, 5.41) is 18.6. The van der Waals surface area contributed by atoms with E-state index in [9.17, 15) is 0 Å². The van der Waals surface area contributed by atoms with Crippen LogP contribution in [0.4, 0.5) is 0 Å². The van der Waals surface area contributed by atoms with Crippen LogP contribution < -0.4 is 15.4 Å². The molecule has 0 amide bonds. The molecule has 1 aliphatic heterocycles. The number of nitrogens with one attached hydrogen (secondary N) is 2. The fourth-order valence-corrected chi connectivity index (χ4v) is 4.27. The van der Waals surface area contributed by atoms with Gasteiger partial charge in [0.05, 0.1) is 24.9 Å². The average Bonchev–Trinajstić information content (AvgIpc) is 3.38. The van der Waals surface area contributed by atoms with Crippen molar-refractivity contribution in [3.8, 4) is 5.75 Å². The molecule has 2 aromatic heterocycles. The molecule has 3 heterocycles. The molecule has 1 aromatic carbocycles. The molecule has 0 fully saturated rings. The maximum Gasteiger partial charge on any atom is 0.192 e. The van der Waals surface area contributed by atoms with Gasteiger partial charge in [0, 0.05) is 24.4 Å². The number of para-hydroxylation sites is 1. The van der Waals surface area contributed by atoms with Crippen molar-refractivity contribution in [3.05, 3.63) is 57.6 Å². The number of aliphatic imine (C=N–C) groups is 1. The molecule has 4 rings (SSSR count). The quantitative estimate of drug-likeness (QED) is 0.265. The summed E-state index contributed by atoms with van der Waals surface area (Å²) in [5.41, 5.74) is 2.27. The summed E-state index contributed by atoms with van der Waals surface area (Å²) in [6.45, 7) is 7.98. The Bertz CT molecular complexity index is 1060. The summed E-state index contributed by atoms with van der Waals surface area (Å²) >= 11 is 1.67. The van der Waals surface area contributed by atoms with E-state index in [2.05, 4.69) is 46.1 Å². The van der Waals surface area contributed by atoms with Crippen LogP contribution in [0.15, 0.2) is 34.6 Å². The third-order valence-corrected chi connectivity index (χ3v) is 6.27. The number of rotatable bonds is 6. The summed E-state index contributed by atoms with van der Waals surface area (Å²) in [6.07, 6.45) is 0.871. The molecule has 32 heavy (non-hydrogen) atoms. The van der Waals surface area contributed by atoms with Gasteiger partial charge in [0.15, 0.2) is 11.8 Å². The molecule has 0 saturated carbocycles. The standard InChI is InChI=1S/C22H29N7OS.HI/c1-14(2)18-13-31-21(25-18)12-24-22(23-11-20-28-27-15(3)29(20)4)26-17-9-10-30-19-8-6-5-7-16(17)19;/h5-8,13-14,17H,9-12H2,1-4H3,(H2,23,24,26);1H. The van der Waals surface area contributed by atoms with Gasteiger partial charge in [-0.25, -0.2) is 9.98 Å². The molecule has 0 aliphatic carbocycles. The van der Waals surface area contributed by atoms with Crippen molar-refractivity contribution in [2.24, 2.45) is 12.0 Å². The largest absolute Gasteiger partial charge is 0.493 e. The number of fused-ring (bicyclic) bond motifs is 1. The molecule has 0 bridgehead atoms. The zero-order valence-corrected chi connectivity index (χ0v) is 22.0. The molecule has 0 radical (unpaired) electrons. The van der Waals surface area contributed by atoms with Gasteiger partial charge in [-0.2, -0.15) is 0 Å². The summed E-state index contributed by atoms with van der Waals surface area (Å²) in [5.74, 6) is 3.77. The lowest BCUT2D eigenvalue weighted by molar-refractivity contribution is 0.261. The van der Waals surface area contributed by atoms with Gasteiger partial charge < -0.3 is 19.9 Å². The molecule has 8 nitrogen and oxygen atoms in total. The van der Waals surface area contributed by atoms with E-state index in [-0.39, 0.29) is 30.0 Å². The summed E-state index contributed by atoms with van der Waals surface area (Å²) < 4.78 is 7.77. The molecular formula is C22H30IN7OS. The molecule has 1 aliphatic rings. The van der Waals surface area contributed by atoms with Gasteiger partial charge in [0.1, 0.15) is 23.1 Å². The fourth-order valence-electron chi connectivity index (χ4n) is 3.38. The zero-order valence-electron chi connectivity index (χ0n) is 18.8. The highest BCUT2D eigenvalue weighted by molar-refractivity contribution is 14.0. The van der Waals surface area contributed by atoms with Crippen molar-refractivity contribution in [2.45, 2.75) is 52.2 Å². The van der Waals surface area contributed by atoms with Crippen LogP contribution >= 0.6 is 35.3 Å². The smallest absolute Gasteiger partial charge is 0.192 e. The predicted molar refractivity (Wildman–Crippen MR) is 138 cm³/mol. The van der Waals surface area contributed by atoms with E-state index in [1.54, 1.807) is 11.3 Å². The summed E-state index contributed by atoms with van der Waals surface area (Å²) in [6, 6.07) is 8.28. The predicted octanol–water partition coefficient (Wildman–Crippen LogP) is 4.08. The van der Waals surface area contributed by atoms with Crippen molar-refractivity contribution >= 4 is 41.3 Å². The highest BCUT2D eigenvalue weighted by Gasteiger charge is 2.22. The molecule has 1 unspecified atom stereocenters. The molecule has 172 valence electrons. The van der Waals surface area contributed by atoms with Crippen molar-refractivity contribution < 1.29 is 4.74 Å². The monoisotopic (exact) mass is 567 g/mol. The van der Waals surface area contributed by atoms with E-state index in [4.69, 9.17) is 14.7 Å². The van der Waals surface area contributed by atoms with Crippen molar-refractivity contribution in [1.82, 2.24) is 30.4 Å². The average molecular weight is 568 g/mol. The first-order valence-corrected chi connectivity index (χ1v) is 11.4. The molecule has 10 heteroatoms. The number of hydrogen-bond acceptors (Lipinski definition) is 6. The molecule has 0 spiro atoms. The Labute approximate surface area is 209 Å². The number of benzene rings is 1. The van der Waals surface area contributed by atoms with Crippen LogP contribution in [0, 0.1) is 6.92 Å². The lowest BCUT2D eigenvalue weighted by Crippen LogP contribution is -2.41. The number of aryl methyl sites for hydroxylation is 1. The number of ether oxygens (including phenoxy) is 1. The van der Waals surface area contributed by atoms with Gasteiger partial charge >= 0.3 is 0 Å². The Morgan fingerprint density at radius 1 is 1.31 bits per heavy atom. The minimum Gasteiger partial charge on any atom is -0.493 e. The molecule has 0 saturated heterocycles. The van der Waals surface area contributed by atoms with E-state index in [0.29, 0.717) is 25.6 Å². The third-order valence-electron chi connectivity index (χ3n) is 5.40. The van der Waals surface area contributed by atoms with Crippen LogP contribution in [0.2, 0.25) is 0 Å². The summed E-state index contributed by atoms with van der Waals surface area (Å²) in [4.78, 5) is 9.53. The third kappa shape index (κ3) is 5.77. The Hall–Kier alpha value is -2.21. The number of hydrogen-bond donors (Lipinski definition) is 2. The maximum absolute atomic E-state index is 5.81. The van der Waals surface area contributed by atoms with Crippen LogP contribution in [0.25, 0.3) is 0 Å². The minimum absolute atomic E-state index is 0. The van der Waals surface area contributed by atoms with E-state index in [1.165, 1.54) is 0 Å². The first-order valence-electron chi connectivity index (χ1n) is 10.6. The lowest BCUT2D eigenvalue weighted by atomic mass is 10.0. The second-order valence-corrected chi connectivity index (χ2v) is 8.88. The molecule has 3 aromatic rings. The Balaban J connectivity index is 0.00000289. The fraction of sp³-hybridized carbons (Fsp3) is 0.455. The van der Waals surface area contributed by atoms with Crippen molar-refractivity contribution in [1.29, 1.82) is 0 Å². The van der Waals surface area contributed by atoms with E-state index in [1.807, 2.05) is 36.7 Å². The van der Waals surface area contributed by atoms with Gasteiger partial charge in [-0.3, -0.25) is 0 Å². The zero-order chi connectivity index (χ0) is 21.8. The molecule has 1 atom stereocenters. The van der Waals surface area contributed by atoms with Crippen LogP contribution in [0.1, 0.15) is 60.1 Å². The van der Waals surface area contributed by atoms with Crippen molar-refractivity contribution in [3.63, 3.8) is 0 Å². The van der Waals surface area contributed by atoms with Crippen LogP contribution in [0.3, 0.4) is 0 Å². The molecular weight excluding hydrogens is 537 g/mol. The maximum atomic E-state index is 5.81. The van der Waals surface area contributed by atoms with Gasteiger partial charge in [-0.05, 0) is 18.9 Å². The van der Waals surface area contributed by atoms with E-state index in [0.717, 1.165) is 46.0 Å². The number of thiazole rings is 1. The van der Waals surface area contributed by atoms with E-state index < -0.39 is 0 Å². The van der Waals surface area contributed by atoms with Crippen LogP contribution in [0.5, 0.6) is 5.75 Å². The van der Waals surface area contributed by atoms with Crippen molar-refractivity contribution in [2.75, 3.05) is 6.61 Å². The first kappa shape index (κ1) is 24.4. The van der Waals surface area contributed by atoms with E-state index >= 15 is 0 Å². The summed E-state index contributed by atoms with van der Waals surface area (Å²) in [7, 11) is 1.96. The highest BCUT2D eigenvalue weighted by atomic mass is 127. The number of nitrogens with zero attached hydrogens (tertiary/aromatic N) is 5. The Morgan fingerprint density at radius 2 is 2.12 bits per heavy atom. The SMILES string of the molecule is Cc1nnc(CN=C(NCc2nc(C(C)C)cs2)NC2CCOc3ccccc32)n1C.I. The van der Waals surface area contributed by atoms with Gasteiger partial charge in [0.25, 0.3) is 0 Å². The Morgan fingerprint density at radius 3 is 2.84 bits per heavy atom. The van der Waals surface area contributed by atoms with Gasteiger partial charge in [-0.15, -0.1) is 45.5 Å². The lowest BCUT2D eigenvalue weighted by Gasteiger charge is -2.28. The van der Waals surface area contributed by atoms with Gasteiger partial charge in [0.2, 0.25) is 0 Å². The van der Waals surface area contributed by atoms with Crippen LogP contribution in [-0.2, 0) is 20.1 Å². The highest BCUT2D eigenvalue weighted by Crippen LogP contribution is 2.31. The first-order chi connectivity index (χ1) is 15.0. The second kappa shape index (κ2) is 11.1. The minimum atomic E-state index is 0. The van der Waals surface area contributed by atoms with Crippen LogP contribution in [-0.4, -0.2) is 32.3 Å². The second-order valence-electron chi connectivity index (χ2n) is 7.93. The number of halogens is 1. The Kier molecular flexibility index (Phi) is 8.46. The molecule has 2 N–H and O–H groups in total. The normalized spacial score (nSPS) is 15.7. The van der Waals surface area contributed by atoms with Gasteiger partial charge in [-0.1, -0.05) is 32.0 Å².